The van der Waals surface area contributed by atoms with E-state index in [0.717, 1.165) is 25.0 Å². The summed E-state index contributed by atoms with van der Waals surface area (Å²) in [4.78, 5) is 8.20. The number of aromatic nitrogens is 2. The maximum atomic E-state index is 11.6. The fourth-order valence-corrected chi connectivity index (χ4v) is 3.44. The number of hydrogen-bond acceptors (Lipinski definition) is 5. The average molecular weight is 284 g/mol. The van der Waals surface area contributed by atoms with Crippen molar-refractivity contribution in [2.45, 2.75) is 25.3 Å². The van der Waals surface area contributed by atoms with Crippen molar-refractivity contribution >= 4 is 10.0 Å². The van der Waals surface area contributed by atoms with Crippen LogP contribution in [0.3, 0.4) is 0 Å². The molecule has 2 rings (SSSR count). The highest BCUT2D eigenvalue weighted by atomic mass is 32.2. The highest BCUT2D eigenvalue weighted by Crippen LogP contribution is 2.26. The quantitative estimate of drug-likeness (QED) is 0.871. The predicted molar refractivity (Wildman–Crippen MR) is 72.7 cm³/mol. The molecule has 1 aromatic rings. The normalized spacial score (nSPS) is 23.2. The molecule has 1 saturated heterocycles. The Hall–Kier alpha value is -1.05. The number of rotatable bonds is 4. The molecule has 0 aromatic carbocycles. The van der Waals surface area contributed by atoms with Crippen LogP contribution in [-0.2, 0) is 10.0 Å². The van der Waals surface area contributed by atoms with Crippen LogP contribution in [0.2, 0.25) is 0 Å². The zero-order valence-corrected chi connectivity index (χ0v) is 11.9. The van der Waals surface area contributed by atoms with Crippen molar-refractivity contribution in [1.29, 1.82) is 0 Å². The number of nitrogens with zero attached hydrogens (tertiary/aromatic N) is 3. The van der Waals surface area contributed by atoms with Crippen LogP contribution < -0.4 is 5.73 Å². The van der Waals surface area contributed by atoms with Gasteiger partial charge in [0.15, 0.2) is 0 Å². The van der Waals surface area contributed by atoms with Crippen molar-refractivity contribution < 1.29 is 8.42 Å². The summed E-state index contributed by atoms with van der Waals surface area (Å²) in [6, 6.07) is -0.182. The number of piperidine rings is 1. The van der Waals surface area contributed by atoms with E-state index in [1.165, 1.54) is 6.26 Å². The molecule has 1 fully saturated rings. The van der Waals surface area contributed by atoms with Crippen molar-refractivity contribution in [2.75, 3.05) is 19.3 Å². The van der Waals surface area contributed by atoms with Crippen LogP contribution in [0.1, 0.15) is 31.0 Å². The van der Waals surface area contributed by atoms with E-state index in [0.29, 0.717) is 19.0 Å². The van der Waals surface area contributed by atoms with E-state index >= 15 is 0 Å². The highest BCUT2D eigenvalue weighted by Gasteiger charge is 2.27. The Morgan fingerprint density at radius 1 is 1.53 bits per heavy atom. The van der Waals surface area contributed by atoms with Crippen LogP contribution in [0, 0.1) is 5.92 Å². The number of hydrogen-bond donors (Lipinski definition) is 1. The Bertz CT molecular complexity index is 506. The van der Waals surface area contributed by atoms with Gasteiger partial charge in [-0.05, 0) is 25.2 Å². The molecule has 0 bridgehead atoms. The van der Waals surface area contributed by atoms with Crippen LogP contribution in [0.4, 0.5) is 0 Å². The predicted octanol–water partition coefficient (Wildman–Crippen LogP) is 0.538. The minimum absolute atomic E-state index is 0.182. The first kappa shape index (κ1) is 14.4. The molecule has 0 aliphatic carbocycles. The third-order valence-electron chi connectivity index (χ3n) is 3.50. The molecule has 0 amide bonds. The summed E-state index contributed by atoms with van der Waals surface area (Å²) in [5.74, 6) is 0.292. The molecule has 1 aliphatic rings. The zero-order chi connectivity index (χ0) is 13.9. The summed E-state index contributed by atoms with van der Waals surface area (Å²) in [5, 5.41) is 0. The van der Waals surface area contributed by atoms with Crippen molar-refractivity contribution in [3.63, 3.8) is 0 Å². The molecule has 7 heteroatoms. The summed E-state index contributed by atoms with van der Waals surface area (Å²) in [6.45, 7) is 1.18. The van der Waals surface area contributed by atoms with Crippen LogP contribution >= 0.6 is 0 Å². The summed E-state index contributed by atoms with van der Waals surface area (Å²) >= 11 is 0. The first-order valence-corrected chi connectivity index (χ1v) is 8.28. The molecule has 2 unspecified atom stereocenters. The van der Waals surface area contributed by atoms with E-state index in [1.54, 1.807) is 22.9 Å². The fourth-order valence-electron chi connectivity index (χ4n) is 2.50. The van der Waals surface area contributed by atoms with Gasteiger partial charge in [0, 0.05) is 37.7 Å². The van der Waals surface area contributed by atoms with Gasteiger partial charge in [0.2, 0.25) is 10.0 Å². The van der Waals surface area contributed by atoms with Gasteiger partial charge in [-0.3, -0.25) is 9.97 Å². The summed E-state index contributed by atoms with van der Waals surface area (Å²) in [5.41, 5.74) is 6.87. The molecule has 1 aromatic heterocycles. The van der Waals surface area contributed by atoms with Gasteiger partial charge < -0.3 is 5.73 Å². The van der Waals surface area contributed by atoms with E-state index < -0.39 is 10.0 Å². The van der Waals surface area contributed by atoms with Crippen molar-refractivity contribution in [3.8, 4) is 0 Å². The SMILES string of the molecule is CS(=O)(=O)N1CCCC(CC(N)c2cnccn2)C1. The van der Waals surface area contributed by atoms with Gasteiger partial charge in [-0.2, -0.15) is 0 Å². The molecule has 2 atom stereocenters. The van der Waals surface area contributed by atoms with E-state index in [9.17, 15) is 8.42 Å². The van der Waals surface area contributed by atoms with Gasteiger partial charge in [-0.25, -0.2) is 12.7 Å². The second-order valence-electron chi connectivity index (χ2n) is 5.10. The largest absolute Gasteiger partial charge is 0.323 e. The van der Waals surface area contributed by atoms with Crippen molar-refractivity contribution in [3.05, 3.63) is 24.3 Å². The molecule has 19 heavy (non-hydrogen) atoms. The molecule has 0 radical (unpaired) electrons. The lowest BCUT2D eigenvalue weighted by molar-refractivity contribution is 0.246. The zero-order valence-electron chi connectivity index (χ0n) is 11.1. The van der Waals surface area contributed by atoms with Gasteiger partial charge >= 0.3 is 0 Å². The van der Waals surface area contributed by atoms with Crippen LogP contribution in [0.25, 0.3) is 0 Å². The van der Waals surface area contributed by atoms with Gasteiger partial charge in [0.05, 0.1) is 11.9 Å². The standard InChI is InChI=1S/C12H20N4O2S/c1-19(17,18)16-6-2-3-10(9-16)7-11(13)12-8-14-4-5-15-12/h4-5,8,10-11H,2-3,6-7,9,13H2,1H3. The highest BCUT2D eigenvalue weighted by molar-refractivity contribution is 7.88. The van der Waals surface area contributed by atoms with E-state index in [-0.39, 0.29) is 6.04 Å². The molecule has 2 N–H and O–H groups in total. The lowest BCUT2D eigenvalue weighted by atomic mass is 9.92. The van der Waals surface area contributed by atoms with Gasteiger partial charge in [0.1, 0.15) is 0 Å². The monoisotopic (exact) mass is 284 g/mol. The minimum Gasteiger partial charge on any atom is -0.323 e. The summed E-state index contributed by atoms with van der Waals surface area (Å²) in [6.07, 6.45) is 8.82. The molecule has 106 valence electrons. The smallest absolute Gasteiger partial charge is 0.211 e. The van der Waals surface area contributed by atoms with Crippen molar-refractivity contribution in [2.24, 2.45) is 11.7 Å². The Morgan fingerprint density at radius 2 is 2.32 bits per heavy atom. The van der Waals surface area contributed by atoms with Crippen molar-refractivity contribution in [1.82, 2.24) is 14.3 Å². The first-order valence-electron chi connectivity index (χ1n) is 6.43. The molecule has 1 aliphatic heterocycles. The lowest BCUT2D eigenvalue weighted by Crippen LogP contribution is -2.40. The Morgan fingerprint density at radius 3 is 2.95 bits per heavy atom. The van der Waals surface area contributed by atoms with Crippen LogP contribution in [0.15, 0.2) is 18.6 Å². The molecule has 0 spiro atoms. The Kier molecular flexibility index (Phi) is 4.49. The van der Waals surface area contributed by atoms with E-state index in [1.807, 2.05) is 0 Å². The number of sulfonamides is 1. The number of nitrogens with two attached hydrogens (primary N) is 1. The molecule has 6 nitrogen and oxygen atoms in total. The maximum absolute atomic E-state index is 11.6. The fraction of sp³-hybridized carbons (Fsp3) is 0.667. The maximum Gasteiger partial charge on any atom is 0.211 e. The third-order valence-corrected chi connectivity index (χ3v) is 4.77. The average Bonchev–Trinajstić information content (AvgIpc) is 2.39. The Labute approximate surface area is 114 Å². The molecule has 2 heterocycles. The second-order valence-corrected chi connectivity index (χ2v) is 7.08. The van der Waals surface area contributed by atoms with E-state index in [4.69, 9.17) is 5.73 Å². The van der Waals surface area contributed by atoms with Gasteiger partial charge in [-0.15, -0.1) is 0 Å². The molecular formula is C12H20N4O2S. The van der Waals surface area contributed by atoms with Gasteiger partial charge in [0.25, 0.3) is 0 Å². The minimum atomic E-state index is -3.09. The summed E-state index contributed by atoms with van der Waals surface area (Å²) < 4.78 is 24.7. The molecular weight excluding hydrogens is 264 g/mol. The topological polar surface area (TPSA) is 89.2 Å². The summed E-state index contributed by atoms with van der Waals surface area (Å²) in [7, 11) is -3.09. The van der Waals surface area contributed by atoms with Crippen LogP contribution in [-0.4, -0.2) is 42.0 Å². The second kappa shape index (κ2) is 5.94. The van der Waals surface area contributed by atoms with Gasteiger partial charge in [-0.1, -0.05) is 0 Å². The lowest BCUT2D eigenvalue weighted by Gasteiger charge is -2.32. The Balaban J connectivity index is 1.96. The van der Waals surface area contributed by atoms with Crippen LogP contribution in [0.5, 0.6) is 0 Å². The van der Waals surface area contributed by atoms with E-state index in [2.05, 4.69) is 9.97 Å². The first-order chi connectivity index (χ1) is 8.97. The molecule has 0 saturated carbocycles. The third kappa shape index (κ3) is 3.95.